The Morgan fingerprint density at radius 3 is 2.18 bits per heavy atom. The molecule has 1 aromatic rings. The number of hydrogen-bond donors (Lipinski definition) is 0. The first-order chi connectivity index (χ1) is 8.04. The maximum atomic E-state index is 2.29. The molecule has 1 aromatic carbocycles. The molecule has 0 atom stereocenters. The maximum Gasteiger partial charge on any atom is -0.0132 e. The van der Waals surface area contributed by atoms with E-state index in [1.807, 2.05) is 0 Å². The maximum absolute atomic E-state index is 2.29. The molecule has 0 spiro atoms. The van der Waals surface area contributed by atoms with Crippen LogP contribution in [0.5, 0.6) is 0 Å². The first-order valence-corrected chi connectivity index (χ1v) is 6.81. The van der Waals surface area contributed by atoms with Crippen LogP contribution < -0.4 is 0 Å². The first kappa shape index (κ1) is 14.0. The highest BCUT2D eigenvalue weighted by molar-refractivity contribution is 5.50. The Morgan fingerprint density at radius 1 is 1.00 bits per heavy atom. The normalized spacial score (nSPS) is 12.2. The fourth-order valence-electron chi connectivity index (χ4n) is 1.83. The molecule has 0 radical (unpaired) electrons. The predicted molar refractivity (Wildman–Crippen MR) is 78.3 cm³/mol. The van der Waals surface area contributed by atoms with Crippen LogP contribution in [0.1, 0.15) is 64.5 Å². The summed E-state index contributed by atoms with van der Waals surface area (Å²) in [5, 5.41) is 0. The minimum atomic E-state index is 0.253. The minimum Gasteiger partial charge on any atom is -0.0839 e. The summed E-state index contributed by atoms with van der Waals surface area (Å²) < 4.78 is 0. The summed E-state index contributed by atoms with van der Waals surface area (Å²) in [6.07, 6.45) is 9.69. The number of rotatable bonds is 5. The molecule has 94 valence electrons. The van der Waals surface area contributed by atoms with Crippen molar-refractivity contribution in [3.8, 4) is 0 Å². The van der Waals surface area contributed by atoms with Crippen molar-refractivity contribution in [1.29, 1.82) is 0 Å². The number of allylic oxidation sites excluding steroid dienone is 1. The second-order valence-corrected chi connectivity index (χ2v) is 5.77. The summed E-state index contributed by atoms with van der Waals surface area (Å²) in [5.41, 5.74) is 2.97. The predicted octanol–water partition coefficient (Wildman–Crippen LogP) is 5.58. The van der Waals surface area contributed by atoms with Crippen LogP contribution in [0.4, 0.5) is 0 Å². The van der Waals surface area contributed by atoms with Gasteiger partial charge >= 0.3 is 0 Å². The molecule has 0 aromatic heterocycles. The lowest BCUT2D eigenvalue weighted by Crippen LogP contribution is -2.10. The third-order valence-electron chi connectivity index (χ3n) is 3.06. The van der Waals surface area contributed by atoms with Gasteiger partial charge in [0.2, 0.25) is 0 Å². The van der Waals surface area contributed by atoms with Crippen molar-refractivity contribution in [2.24, 2.45) is 0 Å². The van der Waals surface area contributed by atoms with E-state index in [2.05, 4.69) is 64.1 Å². The molecule has 0 amide bonds. The first-order valence-electron chi connectivity index (χ1n) is 6.81. The summed E-state index contributed by atoms with van der Waals surface area (Å²) in [5.74, 6) is 0. The van der Waals surface area contributed by atoms with Gasteiger partial charge in [0, 0.05) is 0 Å². The standard InChI is InChI=1S/C17H26/c1-5-6-7-8-9-10-15-11-13-16(14-12-15)17(2,3)4/h9-14H,5-8H2,1-4H3. The fourth-order valence-corrected chi connectivity index (χ4v) is 1.83. The molecule has 0 aliphatic rings. The third kappa shape index (κ3) is 5.21. The van der Waals surface area contributed by atoms with Gasteiger partial charge in [-0.3, -0.25) is 0 Å². The smallest absolute Gasteiger partial charge is 0.0132 e. The van der Waals surface area contributed by atoms with E-state index >= 15 is 0 Å². The van der Waals surface area contributed by atoms with Gasteiger partial charge in [-0.15, -0.1) is 0 Å². The van der Waals surface area contributed by atoms with Crippen LogP contribution in [-0.2, 0) is 5.41 Å². The van der Waals surface area contributed by atoms with E-state index in [0.717, 1.165) is 0 Å². The largest absolute Gasteiger partial charge is 0.0839 e. The molecule has 0 heteroatoms. The van der Waals surface area contributed by atoms with Crippen LogP contribution in [-0.4, -0.2) is 0 Å². The van der Waals surface area contributed by atoms with Crippen LogP contribution in [0.3, 0.4) is 0 Å². The third-order valence-corrected chi connectivity index (χ3v) is 3.06. The van der Waals surface area contributed by atoms with Crippen molar-refractivity contribution in [3.63, 3.8) is 0 Å². The molecule has 0 bridgehead atoms. The van der Waals surface area contributed by atoms with Crippen LogP contribution in [0.25, 0.3) is 6.08 Å². The SMILES string of the molecule is CCCCCC=Cc1ccc(C(C)(C)C)cc1. The topological polar surface area (TPSA) is 0 Å². The summed E-state index contributed by atoms with van der Waals surface area (Å²) in [6.45, 7) is 9.00. The van der Waals surface area contributed by atoms with Crippen molar-refractivity contribution in [2.45, 2.75) is 58.8 Å². The van der Waals surface area contributed by atoms with Gasteiger partial charge in [0.25, 0.3) is 0 Å². The zero-order valence-corrected chi connectivity index (χ0v) is 11.8. The van der Waals surface area contributed by atoms with Crippen molar-refractivity contribution >= 4 is 6.08 Å². The molecule has 1 rings (SSSR count). The van der Waals surface area contributed by atoms with Crippen molar-refractivity contribution in [2.75, 3.05) is 0 Å². The van der Waals surface area contributed by atoms with E-state index in [0.29, 0.717) is 0 Å². The average molecular weight is 230 g/mol. The highest BCUT2D eigenvalue weighted by Crippen LogP contribution is 2.22. The Labute approximate surface area is 107 Å². The van der Waals surface area contributed by atoms with Crippen LogP contribution in [0.15, 0.2) is 30.3 Å². The molecule has 0 aliphatic carbocycles. The molecule has 0 nitrogen and oxygen atoms in total. The number of benzene rings is 1. The molecule has 0 N–H and O–H groups in total. The Hall–Kier alpha value is -1.04. The average Bonchev–Trinajstić information content (AvgIpc) is 2.28. The van der Waals surface area contributed by atoms with E-state index in [-0.39, 0.29) is 5.41 Å². The van der Waals surface area contributed by atoms with E-state index in [1.54, 1.807) is 0 Å². The molecular formula is C17H26. The molecule has 17 heavy (non-hydrogen) atoms. The van der Waals surface area contributed by atoms with E-state index in [9.17, 15) is 0 Å². The van der Waals surface area contributed by atoms with Gasteiger partial charge in [-0.05, 0) is 29.4 Å². The molecule has 0 unspecified atom stereocenters. The van der Waals surface area contributed by atoms with E-state index < -0.39 is 0 Å². The van der Waals surface area contributed by atoms with Crippen LogP contribution >= 0.6 is 0 Å². The highest BCUT2D eigenvalue weighted by atomic mass is 14.2. The second kappa shape index (κ2) is 6.64. The molecule has 0 heterocycles. The zero-order chi connectivity index (χ0) is 12.7. The van der Waals surface area contributed by atoms with Crippen LogP contribution in [0.2, 0.25) is 0 Å². The van der Waals surface area contributed by atoms with Crippen molar-refractivity contribution in [3.05, 3.63) is 41.5 Å². The molecular weight excluding hydrogens is 204 g/mol. The Bertz CT molecular complexity index is 335. The summed E-state index contributed by atoms with van der Waals surface area (Å²) >= 11 is 0. The summed E-state index contributed by atoms with van der Waals surface area (Å²) in [4.78, 5) is 0. The second-order valence-electron chi connectivity index (χ2n) is 5.77. The van der Waals surface area contributed by atoms with Crippen molar-refractivity contribution < 1.29 is 0 Å². The van der Waals surface area contributed by atoms with Gasteiger partial charge < -0.3 is 0 Å². The molecule has 0 saturated carbocycles. The lowest BCUT2D eigenvalue weighted by Gasteiger charge is -2.18. The summed E-state index contributed by atoms with van der Waals surface area (Å²) in [6, 6.07) is 8.92. The lowest BCUT2D eigenvalue weighted by molar-refractivity contribution is 0.590. The molecule has 0 saturated heterocycles. The number of hydrogen-bond acceptors (Lipinski definition) is 0. The Morgan fingerprint density at radius 2 is 1.65 bits per heavy atom. The van der Waals surface area contributed by atoms with Crippen molar-refractivity contribution in [1.82, 2.24) is 0 Å². The Balaban J connectivity index is 2.51. The quantitative estimate of drug-likeness (QED) is 0.579. The lowest BCUT2D eigenvalue weighted by atomic mass is 9.87. The zero-order valence-electron chi connectivity index (χ0n) is 11.8. The fraction of sp³-hybridized carbons (Fsp3) is 0.529. The summed E-state index contributed by atoms with van der Waals surface area (Å²) in [7, 11) is 0. The van der Waals surface area contributed by atoms with Gasteiger partial charge in [-0.1, -0.05) is 77.0 Å². The van der Waals surface area contributed by atoms with Crippen LogP contribution in [0, 0.1) is 0 Å². The molecule has 0 fully saturated rings. The van der Waals surface area contributed by atoms with E-state index in [1.165, 1.54) is 36.8 Å². The van der Waals surface area contributed by atoms with E-state index in [4.69, 9.17) is 0 Å². The van der Waals surface area contributed by atoms with Gasteiger partial charge in [0.1, 0.15) is 0 Å². The highest BCUT2D eigenvalue weighted by Gasteiger charge is 2.12. The minimum absolute atomic E-state index is 0.253. The Kier molecular flexibility index (Phi) is 5.47. The monoisotopic (exact) mass is 230 g/mol. The number of unbranched alkanes of at least 4 members (excludes halogenated alkanes) is 3. The van der Waals surface area contributed by atoms with Gasteiger partial charge in [-0.25, -0.2) is 0 Å². The molecule has 0 aliphatic heterocycles. The van der Waals surface area contributed by atoms with Gasteiger partial charge in [0.15, 0.2) is 0 Å². The van der Waals surface area contributed by atoms with Gasteiger partial charge in [-0.2, -0.15) is 0 Å². The van der Waals surface area contributed by atoms with Gasteiger partial charge in [0.05, 0.1) is 0 Å².